The molecule has 0 heterocycles. The lowest BCUT2D eigenvalue weighted by Gasteiger charge is -2.28. The van der Waals surface area contributed by atoms with Crippen molar-refractivity contribution in [1.82, 2.24) is 4.31 Å². The van der Waals surface area contributed by atoms with Gasteiger partial charge in [-0.15, -0.1) is 0 Å². The van der Waals surface area contributed by atoms with Crippen molar-refractivity contribution < 1.29 is 0 Å². The molecular formula is C9H21NS2. The Morgan fingerprint density at radius 3 is 1.83 bits per heavy atom. The van der Waals surface area contributed by atoms with Gasteiger partial charge in [-0.25, -0.2) is 4.31 Å². The second-order valence-electron chi connectivity index (χ2n) is 3.37. The van der Waals surface area contributed by atoms with Gasteiger partial charge in [-0.2, -0.15) is 11.8 Å². The van der Waals surface area contributed by atoms with E-state index in [1.165, 1.54) is 11.5 Å². The molecule has 0 unspecified atom stereocenters. The summed E-state index contributed by atoms with van der Waals surface area (Å²) in [6.07, 6.45) is 2.16. The summed E-state index contributed by atoms with van der Waals surface area (Å²) >= 11 is 3.89. The van der Waals surface area contributed by atoms with E-state index < -0.39 is 0 Å². The van der Waals surface area contributed by atoms with E-state index in [1.54, 1.807) is 0 Å². The first-order valence-electron chi connectivity index (χ1n) is 4.49. The Hall–Kier alpha value is 0.660. The largest absolute Gasteiger partial charge is 0.246 e. The minimum absolute atomic E-state index is 0.650. The van der Waals surface area contributed by atoms with Crippen molar-refractivity contribution in [3.63, 3.8) is 0 Å². The molecule has 0 amide bonds. The normalized spacial score (nSPS) is 12.0. The molecule has 3 heteroatoms. The zero-order chi connectivity index (χ0) is 9.56. The quantitative estimate of drug-likeness (QED) is 0.487. The van der Waals surface area contributed by atoms with Crippen molar-refractivity contribution in [1.29, 1.82) is 0 Å². The molecule has 74 valence electrons. The lowest BCUT2D eigenvalue weighted by atomic mass is 10.3. The number of thioether (sulfide) groups is 1. The Morgan fingerprint density at radius 1 is 1.00 bits per heavy atom. The zero-order valence-corrected chi connectivity index (χ0v) is 10.5. The maximum Gasteiger partial charge on any atom is 0.0172 e. The van der Waals surface area contributed by atoms with Crippen molar-refractivity contribution >= 4 is 23.7 Å². The monoisotopic (exact) mass is 207 g/mol. The topological polar surface area (TPSA) is 3.24 Å². The molecule has 1 nitrogen and oxygen atoms in total. The lowest BCUT2D eigenvalue weighted by Crippen LogP contribution is -2.31. The number of nitrogens with zero attached hydrogens (tertiary/aromatic N) is 1. The van der Waals surface area contributed by atoms with Gasteiger partial charge in [-0.3, -0.25) is 0 Å². The Balaban J connectivity index is 3.64. The molecule has 12 heavy (non-hydrogen) atoms. The fourth-order valence-corrected chi connectivity index (χ4v) is 2.89. The number of hydrogen-bond donors (Lipinski definition) is 0. The molecule has 0 radical (unpaired) electrons. The van der Waals surface area contributed by atoms with Gasteiger partial charge in [0.05, 0.1) is 0 Å². The average molecular weight is 207 g/mol. The molecule has 0 aliphatic carbocycles. The van der Waals surface area contributed by atoms with Crippen LogP contribution in [0.5, 0.6) is 0 Å². The predicted octanol–water partition coefficient (Wildman–Crippen LogP) is 3.12. The molecule has 0 rings (SSSR count). The summed E-state index contributed by atoms with van der Waals surface area (Å²) in [4.78, 5) is 0. The minimum atomic E-state index is 0.650. The van der Waals surface area contributed by atoms with E-state index in [0.717, 1.165) is 0 Å². The highest BCUT2D eigenvalue weighted by atomic mass is 32.2. The lowest BCUT2D eigenvalue weighted by molar-refractivity contribution is 0.336. The van der Waals surface area contributed by atoms with E-state index in [9.17, 15) is 0 Å². The van der Waals surface area contributed by atoms with Gasteiger partial charge in [-0.1, -0.05) is 11.9 Å². The van der Waals surface area contributed by atoms with Crippen LogP contribution >= 0.6 is 23.7 Å². The fraction of sp³-hybridized carbons (Fsp3) is 1.00. The smallest absolute Gasteiger partial charge is 0.0172 e. The Bertz CT molecular complexity index is 96.7. The van der Waals surface area contributed by atoms with Gasteiger partial charge in [0.2, 0.25) is 0 Å². The fourth-order valence-electron chi connectivity index (χ4n) is 1.12. The maximum atomic E-state index is 2.47. The van der Waals surface area contributed by atoms with Gasteiger partial charge in [0.25, 0.3) is 0 Å². The summed E-state index contributed by atoms with van der Waals surface area (Å²) in [5.74, 6) is 2.48. The van der Waals surface area contributed by atoms with Crippen molar-refractivity contribution in [3.05, 3.63) is 0 Å². The highest BCUT2D eigenvalue weighted by Crippen LogP contribution is 2.18. The van der Waals surface area contributed by atoms with E-state index >= 15 is 0 Å². The van der Waals surface area contributed by atoms with Crippen LogP contribution in [0, 0.1) is 0 Å². The van der Waals surface area contributed by atoms with Crippen LogP contribution in [-0.4, -0.2) is 34.2 Å². The third-order valence-electron chi connectivity index (χ3n) is 1.55. The summed E-state index contributed by atoms with van der Waals surface area (Å²) in [5.41, 5.74) is 0. The molecular weight excluding hydrogens is 186 g/mol. The van der Waals surface area contributed by atoms with E-state index in [2.05, 4.69) is 38.3 Å². The van der Waals surface area contributed by atoms with Crippen LogP contribution in [0.4, 0.5) is 0 Å². The van der Waals surface area contributed by atoms with Gasteiger partial charge in [0.1, 0.15) is 0 Å². The first-order chi connectivity index (χ1) is 5.59. The Kier molecular flexibility index (Phi) is 7.49. The SMILES string of the molecule is CSCCSN(C(C)C)C(C)C. The molecule has 0 spiro atoms. The molecule has 0 saturated heterocycles. The molecule has 0 aromatic carbocycles. The average Bonchev–Trinajstić information content (AvgIpc) is 1.96. The van der Waals surface area contributed by atoms with Crippen molar-refractivity contribution in [2.75, 3.05) is 17.8 Å². The van der Waals surface area contributed by atoms with Crippen LogP contribution < -0.4 is 0 Å². The summed E-state index contributed by atoms with van der Waals surface area (Å²) in [6, 6.07) is 1.30. The van der Waals surface area contributed by atoms with Crippen LogP contribution in [-0.2, 0) is 0 Å². The molecule has 0 N–H and O–H groups in total. The van der Waals surface area contributed by atoms with E-state index in [4.69, 9.17) is 0 Å². The minimum Gasteiger partial charge on any atom is -0.246 e. The van der Waals surface area contributed by atoms with Crippen LogP contribution in [0.25, 0.3) is 0 Å². The van der Waals surface area contributed by atoms with Crippen LogP contribution in [0.3, 0.4) is 0 Å². The molecule has 0 atom stereocenters. The van der Waals surface area contributed by atoms with Crippen LogP contribution in [0.2, 0.25) is 0 Å². The van der Waals surface area contributed by atoms with Gasteiger partial charge in [0, 0.05) is 23.6 Å². The zero-order valence-electron chi connectivity index (χ0n) is 8.83. The van der Waals surface area contributed by atoms with E-state index in [0.29, 0.717) is 12.1 Å². The highest BCUT2D eigenvalue weighted by molar-refractivity contribution is 8.01. The first kappa shape index (κ1) is 12.7. The summed E-state index contributed by atoms with van der Waals surface area (Å²) < 4.78 is 2.47. The summed E-state index contributed by atoms with van der Waals surface area (Å²) in [6.45, 7) is 9.02. The first-order valence-corrected chi connectivity index (χ1v) is 6.83. The Labute approximate surface area is 85.8 Å². The number of hydrogen-bond acceptors (Lipinski definition) is 3. The summed E-state index contributed by atoms with van der Waals surface area (Å²) in [7, 11) is 0. The second kappa shape index (κ2) is 7.10. The van der Waals surface area contributed by atoms with E-state index in [1.807, 2.05) is 23.7 Å². The second-order valence-corrected chi connectivity index (χ2v) is 5.45. The highest BCUT2D eigenvalue weighted by Gasteiger charge is 2.12. The summed E-state index contributed by atoms with van der Waals surface area (Å²) in [5, 5.41) is 0. The molecule has 0 bridgehead atoms. The Morgan fingerprint density at radius 2 is 1.50 bits per heavy atom. The van der Waals surface area contributed by atoms with Crippen LogP contribution in [0.1, 0.15) is 27.7 Å². The van der Waals surface area contributed by atoms with Crippen molar-refractivity contribution in [2.24, 2.45) is 0 Å². The maximum absolute atomic E-state index is 2.47. The van der Waals surface area contributed by atoms with E-state index in [-0.39, 0.29) is 0 Å². The van der Waals surface area contributed by atoms with Crippen LogP contribution in [0.15, 0.2) is 0 Å². The number of rotatable bonds is 6. The molecule has 0 fully saturated rings. The van der Waals surface area contributed by atoms with Gasteiger partial charge in [0.15, 0.2) is 0 Å². The van der Waals surface area contributed by atoms with Gasteiger partial charge >= 0.3 is 0 Å². The standard InChI is InChI=1S/C9H21NS2/c1-8(2)10(9(3)4)12-7-6-11-5/h8-9H,6-7H2,1-5H3. The molecule has 0 aliphatic heterocycles. The van der Waals surface area contributed by atoms with Gasteiger partial charge in [-0.05, 0) is 34.0 Å². The third kappa shape index (κ3) is 5.33. The molecule has 0 aromatic heterocycles. The van der Waals surface area contributed by atoms with Crippen molar-refractivity contribution in [2.45, 2.75) is 39.8 Å². The molecule has 0 saturated carbocycles. The molecule has 0 aliphatic rings. The van der Waals surface area contributed by atoms with Crippen molar-refractivity contribution in [3.8, 4) is 0 Å². The van der Waals surface area contributed by atoms with Gasteiger partial charge < -0.3 is 0 Å². The third-order valence-corrected chi connectivity index (χ3v) is 3.94. The predicted molar refractivity (Wildman–Crippen MR) is 63.0 cm³/mol. The molecule has 0 aromatic rings.